The Kier molecular flexibility index (Phi) is 4.50. The lowest BCUT2D eigenvalue weighted by molar-refractivity contribution is 0.190. The molecule has 1 N–H and O–H groups in total. The second-order valence-electron chi connectivity index (χ2n) is 6.54. The molecule has 0 saturated heterocycles. The van der Waals surface area contributed by atoms with Crippen molar-refractivity contribution in [3.63, 3.8) is 0 Å². The highest BCUT2D eigenvalue weighted by Gasteiger charge is 2.24. The molecule has 1 aliphatic rings. The number of methoxy groups -OCH3 is 1. The summed E-state index contributed by atoms with van der Waals surface area (Å²) in [7, 11) is 1.76. The van der Waals surface area contributed by atoms with Crippen molar-refractivity contribution in [1.29, 1.82) is 0 Å². The average Bonchev–Trinajstić information content (AvgIpc) is 3.23. The largest absolute Gasteiger partial charge is 0.385 e. The van der Waals surface area contributed by atoms with Crippen LogP contribution in [0.3, 0.4) is 0 Å². The Morgan fingerprint density at radius 3 is 2.86 bits per heavy atom. The van der Waals surface area contributed by atoms with E-state index in [-0.39, 0.29) is 0 Å². The van der Waals surface area contributed by atoms with Gasteiger partial charge in [0.15, 0.2) is 0 Å². The third kappa shape index (κ3) is 3.18. The van der Waals surface area contributed by atoms with Crippen LogP contribution in [0.5, 0.6) is 0 Å². The van der Waals surface area contributed by atoms with Crippen molar-refractivity contribution in [1.82, 2.24) is 14.9 Å². The normalized spacial score (nSPS) is 16.4. The molecule has 0 radical (unpaired) electrons. The van der Waals surface area contributed by atoms with Crippen molar-refractivity contribution >= 4 is 10.9 Å². The molecule has 0 aromatic carbocycles. The zero-order valence-corrected chi connectivity index (χ0v) is 14.1. The fourth-order valence-corrected chi connectivity index (χ4v) is 3.24. The zero-order chi connectivity index (χ0) is 15.7. The highest BCUT2D eigenvalue weighted by atomic mass is 16.5. The van der Waals surface area contributed by atoms with Crippen molar-refractivity contribution in [2.24, 2.45) is 0 Å². The summed E-state index contributed by atoms with van der Waals surface area (Å²) in [4.78, 5) is 4.85. The molecule has 1 atom stereocenters. The molecule has 1 aliphatic carbocycles. The quantitative estimate of drug-likeness (QED) is 0.796. The summed E-state index contributed by atoms with van der Waals surface area (Å²) in [6.45, 7) is 8.31. The molecule has 1 saturated carbocycles. The molecule has 2 aromatic heterocycles. The van der Waals surface area contributed by atoms with E-state index in [9.17, 15) is 0 Å². The number of ether oxygens (including phenoxy) is 1. The number of hydrogen-bond donors (Lipinski definition) is 1. The van der Waals surface area contributed by atoms with Gasteiger partial charge in [-0.1, -0.05) is 0 Å². The van der Waals surface area contributed by atoms with Crippen molar-refractivity contribution < 1.29 is 4.74 Å². The first-order chi connectivity index (χ1) is 10.6. The molecule has 0 spiro atoms. The maximum absolute atomic E-state index is 5.18. The molecule has 1 unspecified atom stereocenters. The van der Waals surface area contributed by atoms with Crippen LogP contribution in [0.1, 0.15) is 49.2 Å². The molecule has 4 heteroatoms. The van der Waals surface area contributed by atoms with Crippen LogP contribution in [0.4, 0.5) is 0 Å². The highest BCUT2D eigenvalue weighted by Crippen LogP contribution is 2.28. The smallest absolute Gasteiger partial charge is 0.0594 e. The maximum atomic E-state index is 5.18. The van der Waals surface area contributed by atoms with E-state index in [1.807, 2.05) is 0 Å². The summed E-state index contributed by atoms with van der Waals surface area (Å²) < 4.78 is 7.54. The van der Waals surface area contributed by atoms with E-state index in [0.717, 1.165) is 31.0 Å². The predicted octanol–water partition coefficient (Wildman–Crippen LogP) is 3.50. The van der Waals surface area contributed by atoms with Crippen molar-refractivity contribution in [2.75, 3.05) is 13.7 Å². The number of nitrogens with one attached hydrogen (secondary N) is 1. The Morgan fingerprint density at radius 1 is 1.41 bits per heavy atom. The fraction of sp³-hybridized carbons (Fsp3) is 0.611. The summed E-state index contributed by atoms with van der Waals surface area (Å²) >= 11 is 0. The Balaban J connectivity index is 1.92. The molecule has 22 heavy (non-hydrogen) atoms. The van der Waals surface area contributed by atoms with E-state index in [0.29, 0.717) is 12.1 Å². The molecule has 120 valence electrons. The van der Waals surface area contributed by atoms with E-state index >= 15 is 0 Å². The van der Waals surface area contributed by atoms with Gasteiger partial charge in [0.1, 0.15) is 0 Å². The van der Waals surface area contributed by atoms with Crippen LogP contribution in [0.15, 0.2) is 12.3 Å². The second-order valence-corrected chi connectivity index (χ2v) is 6.54. The van der Waals surface area contributed by atoms with Crippen LogP contribution in [-0.2, 0) is 11.3 Å². The average molecular weight is 301 g/mol. The van der Waals surface area contributed by atoms with E-state index in [1.54, 1.807) is 7.11 Å². The van der Waals surface area contributed by atoms with Gasteiger partial charge in [-0.05, 0) is 51.7 Å². The Bertz CT molecular complexity index is 658. The van der Waals surface area contributed by atoms with Crippen LogP contribution in [-0.4, -0.2) is 29.3 Å². The summed E-state index contributed by atoms with van der Waals surface area (Å²) in [5.74, 6) is 0. The third-order valence-corrected chi connectivity index (χ3v) is 4.51. The van der Waals surface area contributed by atoms with Gasteiger partial charge in [-0.15, -0.1) is 0 Å². The van der Waals surface area contributed by atoms with Gasteiger partial charge in [-0.2, -0.15) is 0 Å². The van der Waals surface area contributed by atoms with E-state index in [1.165, 1.54) is 29.3 Å². The molecule has 4 nitrogen and oxygen atoms in total. The number of hydrogen-bond acceptors (Lipinski definition) is 3. The molecule has 2 aromatic rings. The Morgan fingerprint density at radius 2 is 2.18 bits per heavy atom. The topological polar surface area (TPSA) is 39.1 Å². The van der Waals surface area contributed by atoms with Gasteiger partial charge in [-0.25, -0.2) is 0 Å². The summed E-state index contributed by atoms with van der Waals surface area (Å²) in [5.41, 5.74) is 4.91. The minimum atomic E-state index is 0.318. The van der Waals surface area contributed by atoms with Gasteiger partial charge in [0.25, 0.3) is 0 Å². The van der Waals surface area contributed by atoms with Gasteiger partial charge in [-0.3, -0.25) is 4.98 Å². The first kappa shape index (κ1) is 15.5. The fourth-order valence-electron chi connectivity index (χ4n) is 3.24. The number of pyridine rings is 1. The van der Waals surface area contributed by atoms with Gasteiger partial charge >= 0.3 is 0 Å². The highest BCUT2D eigenvalue weighted by molar-refractivity contribution is 5.86. The summed E-state index contributed by atoms with van der Waals surface area (Å²) in [6.07, 6.45) is 5.89. The van der Waals surface area contributed by atoms with Crippen LogP contribution >= 0.6 is 0 Å². The Labute approximate surface area is 132 Å². The number of rotatable bonds is 7. The number of aromatic nitrogens is 2. The van der Waals surface area contributed by atoms with Crippen molar-refractivity contribution in [3.8, 4) is 0 Å². The van der Waals surface area contributed by atoms with Gasteiger partial charge in [0, 0.05) is 49.6 Å². The third-order valence-electron chi connectivity index (χ3n) is 4.51. The molecular formula is C18H27N3O. The van der Waals surface area contributed by atoms with Gasteiger partial charge in [0.2, 0.25) is 0 Å². The predicted molar refractivity (Wildman–Crippen MR) is 90.3 cm³/mol. The van der Waals surface area contributed by atoms with Crippen molar-refractivity contribution in [3.05, 3.63) is 29.2 Å². The summed E-state index contributed by atoms with van der Waals surface area (Å²) in [6, 6.07) is 3.28. The van der Waals surface area contributed by atoms with E-state index in [4.69, 9.17) is 9.72 Å². The van der Waals surface area contributed by atoms with Crippen LogP contribution in [0, 0.1) is 13.8 Å². The first-order valence-corrected chi connectivity index (χ1v) is 8.32. The van der Waals surface area contributed by atoms with Crippen LogP contribution in [0.2, 0.25) is 0 Å². The molecule has 0 aliphatic heterocycles. The lowest BCUT2D eigenvalue weighted by Gasteiger charge is -2.15. The standard InChI is InChI=1S/C18H27N3O/c1-12-11-21(8-5-9-22-4)17-10-16(20-14(3)18(12)17)13(2)19-15-6-7-15/h10-11,13,15,19H,5-9H2,1-4H3. The Hall–Kier alpha value is -1.39. The molecule has 0 bridgehead atoms. The van der Waals surface area contributed by atoms with E-state index < -0.39 is 0 Å². The van der Waals surface area contributed by atoms with Gasteiger partial charge in [0.05, 0.1) is 11.2 Å². The molecule has 0 amide bonds. The first-order valence-electron chi connectivity index (χ1n) is 8.32. The SMILES string of the molecule is COCCCn1cc(C)c2c(C)nc(C(C)NC3CC3)cc21. The number of nitrogens with zero attached hydrogens (tertiary/aromatic N) is 2. The monoisotopic (exact) mass is 301 g/mol. The molecule has 2 heterocycles. The van der Waals surface area contributed by atoms with Gasteiger partial charge < -0.3 is 14.6 Å². The summed E-state index contributed by atoms with van der Waals surface area (Å²) in [5, 5.41) is 4.95. The maximum Gasteiger partial charge on any atom is 0.0594 e. The number of aryl methyl sites for hydroxylation is 3. The van der Waals surface area contributed by atoms with Crippen LogP contribution < -0.4 is 5.32 Å². The zero-order valence-electron chi connectivity index (χ0n) is 14.1. The second kappa shape index (κ2) is 6.39. The molecular weight excluding hydrogens is 274 g/mol. The lowest BCUT2D eigenvalue weighted by atomic mass is 10.1. The minimum Gasteiger partial charge on any atom is -0.385 e. The minimum absolute atomic E-state index is 0.318. The molecule has 3 rings (SSSR count). The van der Waals surface area contributed by atoms with Crippen molar-refractivity contribution in [2.45, 2.75) is 58.7 Å². The van der Waals surface area contributed by atoms with E-state index in [2.05, 4.69) is 42.9 Å². The lowest BCUT2D eigenvalue weighted by Crippen LogP contribution is -2.21. The molecule has 1 fully saturated rings. The number of fused-ring (bicyclic) bond motifs is 1. The van der Waals surface area contributed by atoms with Crippen LogP contribution in [0.25, 0.3) is 10.9 Å².